The summed E-state index contributed by atoms with van der Waals surface area (Å²) in [4.78, 5) is 12.9. The molecule has 0 spiro atoms. The minimum Gasteiger partial charge on any atom is -0.348 e. The van der Waals surface area contributed by atoms with Crippen LogP contribution in [0.3, 0.4) is 0 Å². The van der Waals surface area contributed by atoms with E-state index in [1.807, 2.05) is 0 Å². The van der Waals surface area contributed by atoms with E-state index >= 15 is 0 Å². The van der Waals surface area contributed by atoms with Crippen LogP contribution in [0.4, 0.5) is 0 Å². The lowest BCUT2D eigenvalue weighted by molar-refractivity contribution is -0.127. The molecule has 1 atom stereocenters. The van der Waals surface area contributed by atoms with Gasteiger partial charge in [-0.3, -0.25) is 4.79 Å². The fraction of sp³-hybridized carbons (Fsp3) is 0.909. The van der Waals surface area contributed by atoms with E-state index in [-0.39, 0.29) is 5.91 Å². The van der Waals surface area contributed by atoms with Crippen LogP contribution in [0.5, 0.6) is 0 Å². The van der Waals surface area contributed by atoms with Crippen LogP contribution in [0.1, 0.15) is 39.5 Å². The van der Waals surface area contributed by atoms with Gasteiger partial charge in [-0.1, -0.05) is 26.7 Å². The summed E-state index contributed by atoms with van der Waals surface area (Å²) in [7, 11) is 3.58. The largest absolute Gasteiger partial charge is 0.348 e. The van der Waals surface area contributed by atoms with Crippen molar-refractivity contribution < 1.29 is 4.79 Å². The van der Waals surface area contributed by atoms with Crippen LogP contribution in [0.25, 0.3) is 0 Å². The zero-order chi connectivity index (χ0) is 11.0. The van der Waals surface area contributed by atoms with E-state index in [4.69, 9.17) is 0 Å². The van der Waals surface area contributed by atoms with Crippen LogP contribution < -0.4 is 5.32 Å². The van der Waals surface area contributed by atoms with Gasteiger partial charge in [0, 0.05) is 20.1 Å². The van der Waals surface area contributed by atoms with Gasteiger partial charge < -0.3 is 10.2 Å². The van der Waals surface area contributed by atoms with Gasteiger partial charge in [0.1, 0.15) is 0 Å². The van der Waals surface area contributed by atoms with Gasteiger partial charge in [0.15, 0.2) is 0 Å². The van der Waals surface area contributed by atoms with Crippen LogP contribution in [0.2, 0.25) is 0 Å². The molecule has 0 saturated carbocycles. The summed E-state index contributed by atoms with van der Waals surface area (Å²) in [5.74, 6) is 0.153. The predicted octanol–water partition coefficient (Wildman–Crippen LogP) is 1.63. The lowest BCUT2D eigenvalue weighted by Gasteiger charge is -2.18. The van der Waals surface area contributed by atoms with Gasteiger partial charge in [0.05, 0.1) is 6.54 Å². The second kappa shape index (κ2) is 7.80. The molecular weight excluding hydrogens is 176 g/mol. The number of unbranched alkanes of at least 4 members (excludes halogenated alkanes) is 1. The molecule has 1 amide bonds. The molecule has 0 unspecified atom stereocenters. The topological polar surface area (TPSA) is 32.3 Å². The first-order valence-electron chi connectivity index (χ1n) is 5.55. The molecule has 84 valence electrons. The Morgan fingerprint density at radius 2 is 2.00 bits per heavy atom. The molecule has 0 bridgehead atoms. The quantitative estimate of drug-likeness (QED) is 0.677. The monoisotopic (exact) mass is 200 g/mol. The summed E-state index contributed by atoms with van der Waals surface area (Å²) in [6.07, 6.45) is 4.73. The van der Waals surface area contributed by atoms with Gasteiger partial charge in [0.2, 0.25) is 5.91 Å². The van der Waals surface area contributed by atoms with Crippen molar-refractivity contribution in [2.45, 2.75) is 45.6 Å². The Labute approximate surface area is 87.9 Å². The SMILES string of the molecule is CCCC[C@@H](CC)NCC(=O)N(C)C. The molecule has 0 radical (unpaired) electrons. The smallest absolute Gasteiger partial charge is 0.236 e. The van der Waals surface area contributed by atoms with Gasteiger partial charge in [0.25, 0.3) is 0 Å². The van der Waals surface area contributed by atoms with E-state index in [0.29, 0.717) is 12.6 Å². The van der Waals surface area contributed by atoms with Crippen molar-refractivity contribution in [2.24, 2.45) is 0 Å². The van der Waals surface area contributed by atoms with Crippen LogP contribution in [0, 0.1) is 0 Å². The number of carbonyl (C=O) groups excluding carboxylic acids is 1. The number of nitrogens with one attached hydrogen (secondary N) is 1. The number of amides is 1. The standard InChI is InChI=1S/C11H24N2O/c1-5-7-8-10(6-2)12-9-11(14)13(3)4/h10,12H,5-9H2,1-4H3/t10-/m1/s1. The molecule has 1 N–H and O–H groups in total. The maximum atomic E-state index is 11.3. The fourth-order valence-electron chi connectivity index (χ4n) is 1.29. The molecular formula is C11H24N2O. The van der Waals surface area contributed by atoms with Crippen molar-refractivity contribution in [2.75, 3.05) is 20.6 Å². The highest BCUT2D eigenvalue weighted by Crippen LogP contribution is 2.03. The molecule has 0 aliphatic carbocycles. The van der Waals surface area contributed by atoms with E-state index in [1.165, 1.54) is 19.3 Å². The first-order valence-corrected chi connectivity index (χ1v) is 5.55. The summed E-state index contributed by atoms with van der Waals surface area (Å²) in [6.45, 7) is 4.82. The summed E-state index contributed by atoms with van der Waals surface area (Å²) in [6, 6.07) is 0.499. The van der Waals surface area contributed by atoms with Crippen LogP contribution >= 0.6 is 0 Å². The van der Waals surface area contributed by atoms with Crippen molar-refractivity contribution in [3.05, 3.63) is 0 Å². The Morgan fingerprint density at radius 1 is 1.36 bits per heavy atom. The molecule has 0 aromatic carbocycles. The molecule has 0 heterocycles. The van der Waals surface area contributed by atoms with E-state index in [9.17, 15) is 4.79 Å². The highest BCUT2D eigenvalue weighted by atomic mass is 16.2. The molecule has 0 saturated heterocycles. The van der Waals surface area contributed by atoms with Gasteiger partial charge in [-0.2, -0.15) is 0 Å². The predicted molar refractivity (Wildman–Crippen MR) is 60.3 cm³/mol. The Kier molecular flexibility index (Phi) is 7.48. The minimum atomic E-state index is 0.153. The highest BCUT2D eigenvalue weighted by molar-refractivity contribution is 5.77. The van der Waals surface area contributed by atoms with Crippen LogP contribution in [-0.2, 0) is 4.79 Å². The number of hydrogen-bond donors (Lipinski definition) is 1. The van der Waals surface area contributed by atoms with E-state index in [1.54, 1.807) is 19.0 Å². The fourth-order valence-corrected chi connectivity index (χ4v) is 1.29. The second-order valence-corrected chi connectivity index (χ2v) is 3.92. The van der Waals surface area contributed by atoms with Crippen LogP contribution in [0.15, 0.2) is 0 Å². The molecule has 14 heavy (non-hydrogen) atoms. The molecule has 0 rings (SSSR count). The van der Waals surface area contributed by atoms with Crippen molar-refractivity contribution in [3.63, 3.8) is 0 Å². The van der Waals surface area contributed by atoms with Crippen molar-refractivity contribution in [3.8, 4) is 0 Å². The van der Waals surface area contributed by atoms with Crippen molar-refractivity contribution >= 4 is 5.91 Å². The summed E-state index contributed by atoms with van der Waals surface area (Å²) in [5, 5.41) is 3.29. The normalized spacial score (nSPS) is 12.6. The summed E-state index contributed by atoms with van der Waals surface area (Å²) >= 11 is 0. The molecule has 0 aromatic rings. The maximum Gasteiger partial charge on any atom is 0.236 e. The van der Waals surface area contributed by atoms with E-state index in [0.717, 1.165) is 6.42 Å². The van der Waals surface area contributed by atoms with Gasteiger partial charge in [-0.05, 0) is 12.8 Å². The van der Waals surface area contributed by atoms with E-state index in [2.05, 4.69) is 19.2 Å². The first kappa shape index (κ1) is 13.4. The molecule has 0 aliphatic rings. The average molecular weight is 200 g/mol. The van der Waals surface area contributed by atoms with Crippen molar-refractivity contribution in [1.82, 2.24) is 10.2 Å². The highest BCUT2D eigenvalue weighted by Gasteiger charge is 2.08. The van der Waals surface area contributed by atoms with Gasteiger partial charge >= 0.3 is 0 Å². The zero-order valence-corrected chi connectivity index (χ0v) is 9.97. The number of hydrogen-bond acceptors (Lipinski definition) is 2. The van der Waals surface area contributed by atoms with Gasteiger partial charge in [-0.25, -0.2) is 0 Å². The van der Waals surface area contributed by atoms with Crippen molar-refractivity contribution in [1.29, 1.82) is 0 Å². The second-order valence-electron chi connectivity index (χ2n) is 3.92. The Balaban J connectivity index is 3.66. The third kappa shape index (κ3) is 5.97. The first-order chi connectivity index (χ1) is 6.61. The van der Waals surface area contributed by atoms with Crippen LogP contribution in [-0.4, -0.2) is 37.5 Å². The lowest BCUT2D eigenvalue weighted by atomic mass is 10.1. The Morgan fingerprint density at radius 3 is 2.43 bits per heavy atom. The summed E-state index contributed by atoms with van der Waals surface area (Å²) < 4.78 is 0. The van der Waals surface area contributed by atoms with E-state index < -0.39 is 0 Å². The number of carbonyl (C=O) groups is 1. The number of nitrogens with zero attached hydrogens (tertiary/aromatic N) is 1. The molecule has 0 aromatic heterocycles. The maximum absolute atomic E-state index is 11.3. The van der Waals surface area contributed by atoms with Gasteiger partial charge in [-0.15, -0.1) is 0 Å². The number of likely N-dealkylation sites (N-methyl/N-ethyl adjacent to an activating group) is 1. The molecule has 3 heteroatoms. The molecule has 0 fully saturated rings. The zero-order valence-electron chi connectivity index (χ0n) is 9.97. The minimum absolute atomic E-state index is 0.153. The third-order valence-electron chi connectivity index (χ3n) is 2.44. The Hall–Kier alpha value is -0.570. The molecule has 0 aliphatic heterocycles. The average Bonchev–Trinajstić information content (AvgIpc) is 2.17. The summed E-state index contributed by atoms with van der Waals surface area (Å²) in [5.41, 5.74) is 0. The third-order valence-corrected chi connectivity index (χ3v) is 2.44. The Bertz CT molecular complexity index is 157. The number of rotatable bonds is 7. The molecule has 3 nitrogen and oxygen atoms in total. The lowest BCUT2D eigenvalue weighted by Crippen LogP contribution is -2.38.